The van der Waals surface area contributed by atoms with Crippen LogP contribution < -0.4 is 10.1 Å². The molecule has 1 aromatic carbocycles. The molecule has 0 aliphatic carbocycles. The van der Waals surface area contributed by atoms with E-state index >= 15 is 0 Å². The smallest absolute Gasteiger partial charge is 0.243 e. The lowest BCUT2D eigenvalue weighted by Gasteiger charge is -2.07. The van der Waals surface area contributed by atoms with E-state index in [4.69, 9.17) is 4.74 Å². The summed E-state index contributed by atoms with van der Waals surface area (Å²) in [7, 11) is 1.65. The standard InChI is InChI=1S/C16H18N6O/c1-23-14-5-3-13(4-6-14)15-11-19-21-16(20-15)18-7-2-9-22-10-8-17-12-22/h3-6,8,10-12H,2,7,9H2,1H3,(H,18,20,21). The van der Waals surface area contributed by atoms with E-state index in [-0.39, 0.29) is 0 Å². The second-order valence-corrected chi connectivity index (χ2v) is 4.97. The Bertz CT molecular complexity index is 727. The molecule has 2 aromatic heterocycles. The van der Waals surface area contributed by atoms with Crippen LogP contribution in [0.15, 0.2) is 49.2 Å². The van der Waals surface area contributed by atoms with Crippen molar-refractivity contribution in [2.45, 2.75) is 13.0 Å². The molecule has 1 N–H and O–H groups in total. The predicted octanol–water partition coefficient (Wildman–Crippen LogP) is 2.25. The third-order valence-corrected chi connectivity index (χ3v) is 3.38. The average molecular weight is 310 g/mol. The van der Waals surface area contributed by atoms with E-state index in [2.05, 4.69) is 25.5 Å². The summed E-state index contributed by atoms with van der Waals surface area (Å²) in [6.07, 6.45) is 8.13. The molecule has 0 amide bonds. The fourth-order valence-corrected chi connectivity index (χ4v) is 2.16. The van der Waals surface area contributed by atoms with Crippen LogP contribution in [0, 0.1) is 0 Å². The molecule has 118 valence electrons. The van der Waals surface area contributed by atoms with Crippen molar-refractivity contribution < 1.29 is 4.74 Å². The van der Waals surface area contributed by atoms with E-state index in [0.29, 0.717) is 5.95 Å². The number of hydrogen-bond acceptors (Lipinski definition) is 6. The largest absolute Gasteiger partial charge is 0.497 e. The van der Waals surface area contributed by atoms with Gasteiger partial charge in [-0.05, 0) is 30.7 Å². The molecule has 3 aromatic rings. The van der Waals surface area contributed by atoms with Gasteiger partial charge in [0.05, 0.1) is 25.3 Å². The molecule has 0 saturated heterocycles. The van der Waals surface area contributed by atoms with Crippen LogP contribution in [0.25, 0.3) is 11.3 Å². The van der Waals surface area contributed by atoms with Crippen molar-refractivity contribution in [3.8, 4) is 17.0 Å². The van der Waals surface area contributed by atoms with E-state index < -0.39 is 0 Å². The molecule has 0 spiro atoms. The van der Waals surface area contributed by atoms with Gasteiger partial charge < -0.3 is 14.6 Å². The highest BCUT2D eigenvalue weighted by Crippen LogP contribution is 2.20. The van der Waals surface area contributed by atoms with Gasteiger partial charge in [-0.3, -0.25) is 0 Å². The normalized spacial score (nSPS) is 10.5. The number of hydrogen-bond donors (Lipinski definition) is 1. The molecule has 0 saturated carbocycles. The first-order valence-electron chi connectivity index (χ1n) is 7.39. The Morgan fingerprint density at radius 2 is 2.09 bits per heavy atom. The Kier molecular flexibility index (Phi) is 4.78. The minimum Gasteiger partial charge on any atom is -0.497 e. The summed E-state index contributed by atoms with van der Waals surface area (Å²) in [4.78, 5) is 8.50. The summed E-state index contributed by atoms with van der Waals surface area (Å²) < 4.78 is 7.19. The van der Waals surface area contributed by atoms with Gasteiger partial charge >= 0.3 is 0 Å². The van der Waals surface area contributed by atoms with Crippen molar-refractivity contribution in [2.24, 2.45) is 0 Å². The highest BCUT2D eigenvalue weighted by atomic mass is 16.5. The van der Waals surface area contributed by atoms with Gasteiger partial charge in [0.1, 0.15) is 5.75 Å². The van der Waals surface area contributed by atoms with Crippen molar-refractivity contribution >= 4 is 5.95 Å². The third-order valence-electron chi connectivity index (χ3n) is 3.38. The second-order valence-electron chi connectivity index (χ2n) is 4.97. The topological polar surface area (TPSA) is 77.8 Å². The van der Waals surface area contributed by atoms with Gasteiger partial charge in [0.2, 0.25) is 5.95 Å². The quantitative estimate of drug-likeness (QED) is 0.674. The number of nitrogens with zero attached hydrogens (tertiary/aromatic N) is 5. The van der Waals surface area contributed by atoms with Crippen LogP contribution in [0.5, 0.6) is 5.75 Å². The van der Waals surface area contributed by atoms with Gasteiger partial charge in [0.15, 0.2) is 0 Å². The number of imidazole rings is 1. The average Bonchev–Trinajstić information content (AvgIpc) is 3.13. The number of ether oxygens (including phenoxy) is 1. The second kappa shape index (κ2) is 7.35. The van der Waals surface area contributed by atoms with Gasteiger partial charge in [-0.25, -0.2) is 9.97 Å². The van der Waals surface area contributed by atoms with Gasteiger partial charge in [-0.2, -0.15) is 5.10 Å². The Hall–Kier alpha value is -2.96. The Morgan fingerprint density at radius 1 is 1.22 bits per heavy atom. The Morgan fingerprint density at radius 3 is 2.83 bits per heavy atom. The molecule has 0 atom stereocenters. The molecular weight excluding hydrogens is 292 g/mol. The molecular formula is C16H18N6O. The fourth-order valence-electron chi connectivity index (χ4n) is 2.16. The van der Waals surface area contributed by atoms with Crippen LogP contribution in [0.2, 0.25) is 0 Å². The fraction of sp³-hybridized carbons (Fsp3) is 0.250. The molecule has 23 heavy (non-hydrogen) atoms. The monoisotopic (exact) mass is 310 g/mol. The number of aromatic nitrogens is 5. The maximum Gasteiger partial charge on any atom is 0.243 e. The molecule has 0 radical (unpaired) electrons. The lowest BCUT2D eigenvalue weighted by atomic mass is 10.1. The van der Waals surface area contributed by atoms with Crippen LogP contribution >= 0.6 is 0 Å². The van der Waals surface area contributed by atoms with Gasteiger partial charge in [0, 0.05) is 31.0 Å². The zero-order valence-corrected chi connectivity index (χ0v) is 12.9. The number of aryl methyl sites for hydroxylation is 1. The highest BCUT2D eigenvalue weighted by Gasteiger charge is 2.03. The SMILES string of the molecule is COc1ccc(-c2cnnc(NCCCn3ccnc3)n2)cc1. The van der Waals surface area contributed by atoms with E-state index in [0.717, 1.165) is 36.5 Å². The third kappa shape index (κ3) is 4.03. The molecule has 7 heteroatoms. The first-order chi connectivity index (χ1) is 11.3. The maximum absolute atomic E-state index is 5.16. The molecule has 2 heterocycles. The van der Waals surface area contributed by atoms with E-state index in [1.807, 2.05) is 41.4 Å². The van der Waals surface area contributed by atoms with Crippen LogP contribution in [-0.2, 0) is 6.54 Å². The molecule has 0 unspecified atom stereocenters. The van der Waals surface area contributed by atoms with Crippen molar-refractivity contribution in [3.05, 3.63) is 49.2 Å². The van der Waals surface area contributed by atoms with E-state index in [9.17, 15) is 0 Å². The number of anilines is 1. The number of nitrogens with one attached hydrogen (secondary N) is 1. The van der Waals surface area contributed by atoms with Gasteiger partial charge in [-0.15, -0.1) is 5.10 Å². The van der Waals surface area contributed by atoms with Crippen LogP contribution in [-0.4, -0.2) is 38.4 Å². The van der Waals surface area contributed by atoms with Gasteiger partial charge in [0.25, 0.3) is 0 Å². The first kappa shape index (κ1) is 15.0. The van der Waals surface area contributed by atoms with Crippen LogP contribution in [0.4, 0.5) is 5.95 Å². The minimum atomic E-state index is 0.531. The van der Waals surface area contributed by atoms with Crippen molar-refractivity contribution in [3.63, 3.8) is 0 Å². The molecule has 0 aliphatic heterocycles. The van der Waals surface area contributed by atoms with Crippen molar-refractivity contribution in [2.75, 3.05) is 19.0 Å². The Balaban J connectivity index is 1.58. The van der Waals surface area contributed by atoms with Crippen LogP contribution in [0.3, 0.4) is 0 Å². The lowest BCUT2D eigenvalue weighted by molar-refractivity contribution is 0.415. The predicted molar refractivity (Wildman–Crippen MR) is 87.1 cm³/mol. The lowest BCUT2D eigenvalue weighted by Crippen LogP contribution is -2.09. The number of rotatable bonds is 7. The summed E-state index contributed by atoms with van der Waals surface area (Å²) in [5.41, 5.74) is 1.75. The molecule has 0 aliphatic rings. The summed E-state index contributed by atoms with van der Waals surface area (Å²) in [6, 6.07) is 7.70. The molecule has 7 nitrogen and oxygen atoms in total. The molecule has 0 bridgehead atoms. The van der Waals surface area contributed by atoms with Crippen molar-refractivity contribution in [1.82, 2.24) is 24.7 Å². The maximum atomic E-state index is 5.16. The minimum absolute atomic E-state index is 0.531. The summed E-state index contributed by atoms with van der Waals surface area (Å²) in [5, 5.41) is 11.2. The van der Waals surface area contributed by atoms with E-state index in [1.165, 1.54) is 0 Å². The molecule has 3 rings (SSSR count). The number of benzene rings is 1. The summed E-state index contributed by atoms with van der Waals surface area (Å²) >= 11 is 0. The van der Waals surface area contributed by atoms with Crippen LogP contribution in [0.1, 0.15) is 6.42 Å². The van der Waals surface area contributed by atoms with Gasteiger partial charge in [-0.1, -0.05) is 0 Å². The first-order valence-corrected chi connectivity index (χ1v) is 7.39. The highest BCUT2D eigenvalue weighted by molar-refractivity contribution is 5.60. The summed E-state index contributed by atoms with van der Waals surface area (Å²) in [6.45, 7) is 1.67. The zero-order valence-electron chi connectivity index (χ0n) is 12.9. The Labute approximate surface area is 134 Å². The summed E-state index contributed by atoms with van der Waals surface area (Å²) in [5.74, 6) is 1.34. The zero-order chi connectivity index (χ0) is 15.9. The number of methoxy groups -OCH3 is 1. The molecule has 0 fully saturated rings. The van der Waals surface area contributed by atoms with E-state index in [1.54, 1.807) is 19.5 Å². The van der Waals surface area contributed by atoms with Crippen molar-refractivity contribution in [1.29, 1.82) is 0 Å².